The number of nitrogens with zero attached hydrogens (tertiary/aromatic N) is 2. The predicted octanol–water partition coefficient (Wildman–Crippen LogP) is 4.46. The molecule has 0 aromatic heterocycles. The van der Waals surface area contributed by atoms with Gasteiger partial charge >= 0.3 is 0 Å². The number of halogens is 2. The van der Waals surface area contributed by atoms with Crippen molar-refractivity contribution < 1.29 is 23.5 Å². The van der Waals surface area contributed by atoms with E-state index >= 15 is 0 Å². The molecule has 1 fully saturated rings. The first-order chi connectivity index (χ1) is 15.9. The molecule has 0 saturated carbocycles. The number of imide groups is 1. The standard InChI is InChI=1S/C25H20ClFN2O4/c1-33-21-11-9-20(10-12-21)29-23(30)14-22(25(29)32)28(15-16-5-7-18(26)8-6-16)24(31)17-3-2-4-19(27)13-17/h2-13,22H,14-15H2,1H3. The quantitative estimate of drug-likeness (QED) is 0.503. The van der Waals surface area contributed by atoms with Crippen LogP contribution in [0.4, 0.5) is 10.1 Å². The predicted molar refractivity (Wildman–Crippen MR) is 122 cm³/mol. The zero-order valence-corrected chi connectivity index (χ0v) is 18.5. The zero-order chi connectivity index (χ0) is 23.5. The third-order valence-corrected chi connectivity index (χ3v) is 5.68. The largest absolute Gasteiger partial charge is 0.497 e. The van der Waals surface area contributed by atoms with Crippen LogP contribution >= 0.6 is 11.6 Å². The van der Waals surface area contributed by atoms with E-state index in [1.807, 2.05) is 0 Å². The topological polar surface area (TPSA) is 66.9 Å². The molecule has 8 heteroatoms. The Morgan fingerprint density at radius 3 is 2.42 bits per heavy atom. The number of carbonyl (C=O) groups excluding carboxylic acids is 3. The van der Waals surface area contributed by atoms with Crippen molar-refractivity contribution >= 4 is 35.0 Å². The summed E-state index contributed by atoms with van der Waals surface area (Å²) in [7, 11) is 1.52. The highest BCUT2D eigenvalue weighted by Crippen LogP contribution is 2.29. The first-order valence-electron chi connectivity index (χ1n) is 10.2. The molecule has 1 aliphatic rings. The number of anilines is 1. The van der Waals surface area contributed by atoms with E-state index < -0.39 is 29.6 Å². The molecular formula is C25H20ClFN2O4. The van der Waals surface area contributed by atoms with Gasteiger partial charge in [0.1, 0.15) is 17.6 Å². The average Bonchev–Trinajstić information content (AvgIpc) is 3.11. The molecule has 1 heterocycles. The normalized spacial score (nSPS) is 15.6. The monoisotopic (exact) mass is 466 g/mol. The van der Waals surface area contributed by atoms with Crippen molar-refractivity contribution in [2.24, 2.45) is 0 Å². The second-order valence-electron chi connectivity index (χ2n) is 7.56. The molecule has 168 valence electrons. The van der Waals surface area contributed by atoms with Gasteiger partial charge in [-0.1, -0.05) is 29.8 Å². The van der Waals surface area contributed by atoms with Crippen molar-refractivity contribution in [3.8, 4) is 5.75 Å². The molecular weight excluding hydrogens is 447 g/mol. The van der Waals surface area contributed by atoms with Gasteiger partial charge in [0.15, 0.2) is 0 Å². The van der Waals surface area contributed by atoms with E-state index in [4.69, 9.17) is 16.3 Å². The van der Waals surface area contributed by atoms with Crippen LogP contribution in [0, 0.1) is 5.82 Å². The van der Waals surface area contributed by atoms with Crippen LogP contribution in [0.15, 0.2) is 72.8 Å². The summed E-state index contributed by atoms with van der Waals surface area (Å²) in [5, 5.41) is 0.527. The van der Waals surface area contributed by atoms with E-state index in [-0.39, 0.29) is 18.5 Å². The minimum Gasteiger partial charge on any atom is -0.497 e. The summed E-state index contributed by atoms with van der Waals surface area (Å²) in [6, 6.07) is 17.5. The lowest BCUT2D eigenvalue weighted by Gasteiger charge is -2.28. The molecule has 1 atom stereocenters. The Morgan fingerprint density at radius 2 is 1.79 bits per heavy atom. The highest BCUT2D eigenvalue weighted by Gasteiger charge is 2.44. The van der Waals surface area contributed by atoms with Crippen molar-refractivity contribution in [1.82, 2.24) is 4.90 Å². The lowest BCUT2D eigenvalue weighted by Crippen LogP contribution is -2.45. The molecule has 1 saturated heterocycles. The number of carbonyl (C=O) groups is 3. The number of hydrogen-bond acceptors (Lipinski definition) is 4. The molecule has 1 unspecified atom stereocenters. The molecule has 1 aliphatic heterocycles. The number of rotatable bonds is 6. The average molecular weight is 467 g/mol. The van der Waals surface area contributed by atoms with E-state index in [9.17, 15) is 18.8 Å². The van der Waals surface area contributed by atoms with E-state index in [0.29, 0.717) is 22.0 Å². The number of ether oxygens (including phenoxy) is 1. The fourth-order valence-electron chi connectivity index (χ4n) is 3.76. The van der Waals surface area contributed by atoms with Crippen LogP contribution < -0.4 is 9.64 Å². The molecule has 33 heavy (non-hydrogen) atoms. The summed E-state index contributed by atoms with van der Waals surface area (Å²) in [5.74, 6) is -1.49. The third kappa shape index (κ3) is 4.73. The first kappa shape index (κ1) is 22.5. The van der Waals surface area contributed by atoms with E-state index in [1.165, 1.54) is 30.2 Å². The van der Waals surface area contributed by atoms with Crippen molar-refractivity contribution in [2.45, 2.75) is 19.0 Å². The third-order valence-electron chi connectivity index (χ3n) is 5.43. The number of benzene rings is 3. The van der Waals surface area contributed by atoms with Crippen LogP contribution in [0.2, 0.25) is 5.02 Å². The second-order valence-corrected chi connectivity index (χ2v) is 7.99. The number of methoxy groups -OCH3 is 1. The molecule has 3 aromatic rings. The minimum absolute atomic E-state index is 0.0483. The van der Waals surface area contributed by atoms with Crippen LogP contribution in [0.1, 0.15) is 22.3 Å². The molecule has 0 spiro atoms. The maximum Gasteiger partial charge on any atom is 0.257 e. The Kier molecular flexibility index (Phi) is 6.42. The van der Waals surface area contributed by atoms with Crippen LogP contribution in [-0.2, 0) is 16.1 Å². The maximum absolute atomic E-state index is 13.8. The van der Waals surface area contributed by atoms with E-state index in [0.717, 1.165) is 11.0 Å². The van der Waals surface area contributed by atoms with Gasteiger partial charge in [-0.2, -0.15) is 0 Å². The summed E-state index contributed by atoms with van der Waals surface area (Å²) >= 11 is 5.97. The van der Waals surface area contributed by atoms with Crippen LogP contribution in [0.5, 0.6) is 5.75 Å². The van der Waals surface area contributed by atoms with Gasteiger partial charge < -0.3 is 9.64 Å². The second kappa shape index (κ2) is 9.42. The molecule has 0 bridgehead atoms. The highest BCUT2D eigenvalue weighted by atomic mass is 35.5. The Balaban J connectivity index is 1.68. The number of hydrogen-bond donors (Lipinski definition) is 0. The van der Waals surface area contributed by atoms with Crippen LogP contribution in [0.3, 0.4) is 0 Å². The van der Waals surface area contributed by atoms with Crippen molar-refractivity contribution in [2.75, 3.05) is 12.0 Å². The van der Waals surface area contributed by atoms with Crippen molar-refractivity contribution in [3.05, 3.63) is 94.8 Å². The first-order valence-corrected chi connectivity index (χ1v) is 10.6. The van der Waals surface area contributed by atoms with Crippen molar-refractivity contribution in [1.29, 1.82) is 0 Å². The van der Waals surface area contributed by atoms with Gasteiger partial charge in [0.25, 0.3) is 11.8 Å². The van der Waals surface area contributed by atoms with Crippen LogP contribution in [0.25, 0.3) is 0 Å². The fraction of sp³-hybridized carbons (Fsp3) is 0.160. The molecule has 0 N–H and O–H groups in total. The van der Waals surface area contributed by atoms with Gasteiger partial charge in [-0.15, -0.1) is 0 Å². The minimum atomic E-state index is -1.04. The van der Waals surface area contributed by atoms with Gasteiger partial charge in [-0.25, -0.2) is 9.29 Å². The SMILES string of the molecule is COc1ccc(N2C(=O)CC(N(Cc3ccc(Cl)cc3)C(=O)c3cccc(F)c3)C2=O)cc1. The summed E-state index contributed by atoms with van der Waals surface area (Å²) < 4.78 is 18.9. The molecule has 0 radical (unpaired) electrons. The molecule has 6 nitrogen and oxygen atoms in total. The fourth-order valence-corrected chi connectivity index (χ4v) is 3.89. The number of amides is 3. The Bertz CT molecular complexity index is 1200. The van der Waals surface area contributed by atoms with Gasteiger partial charge in [0.2, 0.25) is 5.91 Å². The molecule has 0 aliphatic carbocycles. The molecule has 3 aromatic carbocycles. The van der Waals surface area contributed by atoms with Gasteiger partial charge in [-0.05, 0) is 60.2 Å². The Labute approximate surface area is 195 Å². The lowest BCUT2D eigenvalue weighted by molar-refractivity contribution is -0.122. The molecule has 4 rings (SSSR count). The van der Waals surface area contributed by atoms with Gasteiger partial charge in [0, 0.05) is 17.1 Å². The highest BCUT2D eigenvalue weighted by molar-refractivity contribution is 6.30. The lowest BCUT2D eigenvalue weighted by atomic mass is 10.1. The van der Waals surface area contributed by atoms with Crippen LogP contribution in [-0.4, -0.2) is 35.8 Å². The smallest absolute Gasteiger partial charge is 0.257 e. The zero-order valence-electron chi connectivity index (χ0n) is 17.7. The van der Waals surface area contributed by atoms with E-state index in [1.54, 1.807) is 48.5 Å². The van der Waals surface area contributed by atoms with Gasteiger partial charge in [-0.3, -0.25) is 14.4 Å². The van der Waals surface area contributed by atoms with Crippen molar-refractivity contribution in [3.63, 3.8) is 0 Å². The Morgan fingerprint density at radius 1 is 1.09 bits per heavy atom. The summed E-state index contributed by atoms with van der Waals surface area (Å²) in [4.78, 5) is 41.9. The maximum atomic E-state index is 13.8. The summed E-state index contributed by atoms with van der Waals surface area (Å²) in [6.07, 6.45) is -0.181. The van der Waals surface area contributed by atoms with Gasteiger partial charge in [0.05, 0.1) is 19.2 Å². The van der Waals surface area contributed by atoms with E-state index in [2.05, 4.69) is 0 Å². The summed E-state index contributed by atoms with van der Waals surface area (Å²) in [5.41, 5.74) is 1.19. The molecule has 3 amide bonds. The summed E-state index contributed by atoms with van der Waals surface area (Å²) in [6.45, 7) is 0.0483. The Hall–Kier alpha value is -3.71.